The SMILES string of the molecule is CC[NH+](CC(=O)Nc1cc(Cl)ccc1Cl)Cc1nc2ccccc2c(=O)[nH]1. The molecule has 1 heterocycles. The number of carbonyl (C=O) groups excluding carboxylic acids is 1. The van der Waals surface area contributed by atoms with Gasteiger partial charge in [0.25, 0.3) is 11.5 Å². The van der Waals surface area contributed by atoms with E-state index < -0.39 is 0 Å². The number of quaternary nitrogens is 1. The molecule has 0 saturated carbocycles. The maximum atomic E-state index is 12.4. The Morgan fingerprint density at radius 2 is 2.00 bits per heavy atom. The highest BCUT2D eigenvalue weighted by Gasteiger charge is 2.16. The zero-order chi connectivity index (χ0) is 19.4. The maximum absolute atomic E-state index is 12.4. The third-order valence-corrected chi connectivity index (χ3v) is 4.76. The van der Waals surface area contributed by atoms with Gasteiger partial charge < -0.3 is 15.2 Å². The van der Waals surface area contributed by atoms with E-state index in [1.165, 1.54) is 0 Å². The molecule has 6 nitrogen and oxygen atoms in total. The number of amides is 1. The molecule has 3 rings (SSSR count). The quantitative estimate of drug-likeness (QED) is 0.588. The molecule has 0 aliphatic heterocycles. The summed E-state index contributed by atoms with van der Waals surface area (Å²) < 4.78 is 0. The molecule has 27 heavy (non-hydrogen) atoms. The number of hydrogen-bond acceptors (Lipinski definition) is 3. The second-order valence-electron chi connectivity index (χ2n) is 6.16. The number of anilines is 1. The summed E-state index contributed by atoms with van der Waals surface area (Å²) in [5, 5.41) is 4.24. The van der Waals surface area contributed by atoms with Crippen molar-refractivity contribution in [1.29, 1.82) is 0 Å². The number of carbonyl (C=O) groups is 1. The van der Waals surface area contributed by atoms with Gasteiger partial charge in [-0.25, -0.2) is 4.98 Å². The van der Waals surface area contributed by atoms with Gasteiger partial charge in [0.1, 0.15) is 6.54 Å². The average molecular weight is 406 g/mol. The number of likely N-dealkylation sites (N-methyl/N-ethyl adjacent to an activating group) is 1. The minimum atomic E-state index is -0.195. The summed E-state index contributed by atoms with van der Waals surface area (Å²) in [5.41, 5.74) is 0.935. The summed E-state index contributed by atoms with van der Waals surface area (Å²) in [6.07, 6.45) is 0. The normalized spacial score (nSPS) is 12.1. The van der Waals surface area contributed by atoms with Gasteiger partial charge in [-0.1, -0.05) is 35.3 Å². The standard InChI is InChI=1S/C19H18Cl2N4O2/c1-2-25(11-18(26)23-16-9-12(20)7-8-14(16)21)10-17-22-15-6-4-3-5-13(15)19(27)24-17/h3-9H,2,10-11H2,1H3,(H,23,26)(H,22,24,27)/p+1. The van der Waals surface area contributed by atoms with E-state index in [0.717, 1.165) is 4.90 Å². The minimum absolute atomic E-state index is 0.179. The number of aromatic nitrogens is 2. The van der Waals surface area contributed by atoms with E-state index in [9.17, 15) is 9.59 Å². The van der Waals surface area contributed by atoms with Gasteiger partial charge in [0.15, 0.2) is 12.4 Å². The lowest BCUT2D eigenvalue weighted by Crippen LogP contribution is -3.11. The predicted molar refractivity (Wildman–Crippen MR) is 108 cm³/mol. The highest BCUT2D eigenvalue weighted by molar-refractivity contribution is 6.35. The van der Waals surface area contributed by atoms with Crippen LogP contribution in [-0.4, -0.2) is 29.0 Å². The van der Waals surface area contributed by atoms with Gasteiger partial charge in [0.05, 0.1) is 28.2 Å². The van der Waals surface area contributed by atoms with Gasteiger partial charge in [-0.2, -0.15) is 0 Å². The summed E-state index contributed by atoms with van der Waals surface area (Å²) in [6, 6.07) is 12.1. The van der Waals surface area contributed by atoms with Crippen molar-refractivity contribution in [3.63, 3.8) is 0 Å². The number of aromatic amines is 1. The Morgan fingerprint density at radius 3 is 2.78 bits per heavy atom. The zero-order valence-corrected chi connectivity index (χ0v) is 16.2. The number of para-hydroxylation sites is 1. The van der Waals surface area contributed by atoms with Crippen LogP contribution >= 0.6 is 23.2 Å². The molecule has 1 unspecified atom stereocenters. The zero-order valence-electron chi connectivity index (χ0n) is 14.7. The molecule has 3 aromatic rings. The number of benzene rings is 2. The fraction of sp³-hybridized carbons (Fsp3) is 0.211. The topological polar surface area (TPSA) is 79.3 Å². The van der Waals surface area contributed by atoms with E-state index in [2.05, 4.69) is 15.3 Å². The van der Waals surface area contributed by atoms with Gasteiger partial charge in [-0.15, -0.1) is 0 Å². The molecule has 2 aromatic carbocycles. The number of H-pyrrole nitrogens is 1. The van der Waals surface area contributed by atoms with Crippen molar-refractivity contribution in [2.45, 2.75) is 13.5 Å². The molecular formula is C19H19Cl2N4O2+. The number of fused-ring (bicyclic) bond motifs is 1. The lowest BCUT2D eigenvalue weighted by atomic mass is 10.2. The summed E-state index contributed by atoms with van der Waals surface area (Å²) in [4.78, 5) is 32.8. The molecule has 0 spiro atoms. The van der Waals surface area contributed by atoms with Crippen LogP contribution in [0.1, 0.15) is 12.7 Å². The molecule has 0 bridgehead atoms. The third kappa shape index (κ3) is 4.86. The van der Waals surface area contributed by atoms with Crippen molar-refractivity contribution in [1.82, 2.24) is 9.97 Å². The van der Waals surface area contributed by atoms with E-state index >= 15 is 0 Å². The fourth-order valence-corrected chi connectivity index (χ4v) is 3.12. The molecule has 1 aromatic heterocycles. The van der Waals surface area contributed by atoms with Crippen LogP contribution in [0.3, 0.4) is 0 Å². The van der Waals surface area contributed by atoms with Crippen LogP contribution in [-0.2, 0) is 11.3 Å². The van der Waals surface area contributed by atoms with Crippen LogP contribution < -0.4 is 15.8 Å². The smallest absolute Gasteiger partial charge is 0.279 e. The van der Waals surface area contributed by atoms with E-state index in [4.69, 9.17) is 23.2 Å². The predicted octanol–water partition coefficient (Wildman–Crippen LogP) is 2.27. The lowest BCUT2D eigenvalue weighted by molar-refractivity contribution is -0.904. The molecule has 0 fully saturated rings. The molecule has 0 saturated heterocycles. The first-order valence-electron chi connectivity index (χ1n) is 8.52. The Hall–Kier alpha value is -2.41. The minimum Gasteiger partial charge on any atom is -0.321 e. The summed E-state index contributed by atoms with van der Waals surface area (Å²) >= 11 is 12.0. The van der Waals surface area contributed by atoms with Gasteiger partial charge in [0, 0.05) is 5.02 Å². The second kappa shape index (κ2) is 8.52. The molecule has 1 atom stereocenters. The van der Waals surface area contributed by atoms with E-state index in [1.54, 1.807) is 36.4 Å². The monoisotopic (exact) mass is 405 g/mol. The third-order valence-electron chi connectivity index (χ3n) is 4.19. The molecule has 0 aliphatic rings. The summed E-state index contributed by atoms with van der Waals surface area (Å²) in [5.74, 6) is 0.350. The molecule has 0 radical (unpaired) electrons. The molecule has 3 N–H and O–H groups in total. The van der Waals surface area contributed by atoms with Crippen molar-refractivity contribution in [2.75, 3.05) is 18.4 Å². The van der Waals surface area contributed by atoms with Crippen LogP contribution in [0, 0.1) is 0 Å². The number of halogens is 2. The highest BCUT2D eigenvalue weighted by Crippen LogP contribution is 2.25. The van der Waals surface area contributed by atoms with Crippen molar-refractivity contribution in [2.24, 2.45) is 0 Å². The van der Waals surface area contributed by atoms with Gasteiger partial charge >= 0.3 is 0 Å². The number of nitrogens with zero attached hydrogens (tertiary/aromatic N) is 1. The van der Waals surface area contributed by atoms with E-state index in [1.807, 2.05) is 13.0 Å². The van der Waals surface area contributed by atoms with Crippen LogP contribution in [0.2, 0.25) is 10.0 Å². The Balaban J connectivity index is 1.71. The maximum Gasteiger partial charge on any atom is 0.279 e. The molecule has 0 aliphatic carbocycles. The first-order chi connectivity index (χ1) is 13.0. The van der Waals surface area contributed by atoms with Crippen LogP contribution in [0.25, 0.3) is 10.9 Å². The number of rotatable bonds is 6. The van der Waals surface area contributed by atoms with Crippen LogP contribution in [0.15, 0.2) is 47.3 Å². The van der Waals surface area contributed by atoms with Gasteiger partial charge in [-0.05, 0) is 37.3 Å². The largest absolute Gasteiger partial charge is 0.321 e. The fourth-order valence-electron chi connectivity index (χ4n) is 2.78. The van der Waals surface area contributed by atoms with Crippen molar-refractivity contribution in [3.05, 3.63) is 68.7 Å². The van der Waals surface area contributed by atoms with Crippen LogP contribution in [0.4, 0.5) is 5.69 Å². The Labute approximate surface area is 166 Å². The summed E-state index contributed by atoms with van der Waals surface area (Å²) in [7, 11) is 0. The Morgan fingerprint density at radius 1 is 1.22 bits per heavy atom. The van der Waals surface area contributed by atoms with Crippen molar-refractivity contribution >= 4 is 45.7 Å². The molecular weight excluding hydrogens is 387 g/mol. The molecule has 1 amide bonds. The number of hydrogen-bond donors (Lipinski definition) is 3. The Bertz CT molecular complexity index is 1040. The first-order valence-corrected chi connectivity index (χ1v) is 9.28. The van der Waals surface area contributed by atoms with E-state index in [0.29, 0.717) is 45.5 Å². The average Bonchev–Trinajstić information content (AvgIpc) is 2.64. The molecule has 8 heteroatoms. The second-order valence-corrected chi connectivity index (χ2v) is 7.00. The van der Waals surface area contributed by atoms with Crippen molar-refractivity contribution < 1.29 is 9.69 Å². The number of nitrogens with one attached hydrogen (secondary N) is 3. The molecule has 140 valence electrons. The Kier molecular flexibility index (Phi) is 6.11. The van der Waals surface area contributed by atoms with Gasteiger partial charge in [-0.3, -0.25) is 9.59 Å². The summed E-state index contributed by atoms with van der Waals surface area (Å²) in [6.45, 7) is 3.28. The lowest BCUT2D eigenvalue weighted by Gasteiger charge is -2.17. The van der Waals surface area contributed by atoms with Gasteiger partial charge in [0.2, 0.25) is 0 Å². The highest BCUT2D eigenvalue weighted by atomic mass is 35.5. The van der Waals surface area contributed by atoms with Crippen molar-refractivity contribution in [3.8, 4) is 0 Å². The van der Waals surface area contributed by atoms with E-state index in [-0.39, 0.29) is 18.0 Å². The van der Waals surface area contributed by atoms with Crippen LogP contribution in [0.5, 0.6) is 0 Å². The first kappa shape index (κ1) is 19.4.